The molecule has 1 aromatic rings. The van der Waals surface area contributed by atoms with E-state index < -0.39 is 0 Å². The Kier molecular flexibility index (Phi) is 3.91. The Morgan fingerprint density at radius 3 is 3.00 bits per heavy atom. The molecule has 15 heavy (non-hydrogen) atoms. The molecule has 4 heteroatoms. The van der Waals surface area contributed by atoms with Gasteiger partial charge < -0.3 is 10.1 Å². The van der Waals surface area contributed by atoms with Crippen LogP contribution in [-0.4, -0.2) is 29.7 Å². The first-order valence-electron chi connectivity index (χ1n) is 5.55. The molecule has 0 bridgehead atoms. The summed E-state index contributed by atoms with van der Waals surface area (Å²) < 4.78 is 5.46. The van der Waals surface area contributed by atoms with Crippen LogP contribution in [0.2, 0.25) is 0 Å². The van der Waals surface area contributed by atoms with Crippen molar-refractivity contribution in [2.75, 3.05) is 19.7 Å². The zero-order chi connectivity index (χ0) is 10.3. The number of ether oxygens (including phenoxy) is 1. The van der Waals surface area contributed by atoms with Crippen molar-refractivity contribution in [2.24, 2.45) is 5.92 Å². The highest BCUT2D eigenvalue weighted by Gasteiger charge is 2.12. The summed E-state index contributed by atoms with van der Waals surface area (Å²) in [5, 5.41) is 3.40. The number of hydrogen-bond donors (Lipinski definition) is 1. The molecule has 2 heterocycles. The molecule has 0 unspecified atom stereocenters. The topological polar surface area (TPSA) is 47.0 Å². The minimum Gasteiger partial charge on any atom is -0.463 e. The molecule has 0 amide bonds. The summed E-state index contributed by atoms with van der Waals surface area (Å²) in [4.78, 5) is 8.02. The molecule has 0 aromatic carbocycles. The summed E-state index contributed by atoms with van der Waals surface area (Å²) in [6.45, 7) is 3.01. The van der Waals surface area contributed by atoms with Crippen LogP contribution in [0, 0.1) is 5.92 Å². The van der Waals surface area contributed by atoms with Crippen LogP contribution in [0.15, 0.2) is 18.5 Å². The van der Waals surface area contributed by atoms with Gasteiger partial charge in [0, 0.05) is 12.4 Å². The summed E-state index contributed by atoms with van der Waals surface area (Å²) in [6, 6.07) is 2.28. The van der Waals surface area contributed by atoms with Gasteiger partial charge in [0.1, 0.15) is 0 Å². The fourth-order valence-corrected chi connectivity index (χ4v) is 1.85. The van der Waals surface area contributed by atoms with Crippen LogP contribution in [0.3, 0.4) is 0 Å². The summed E-state index contributed by atoms with van der Waals surface area (Å²) >= 11 is 0. The van der Waals surface area contributed by atoms with Crippen molar-refractivity contribution >= 4 is 0 Å². The Morgan fingerprint density at radius 2 is 2.27 bits per heavy atom. The molecule has 1 aliphatic rings. The summed E-state index contributed by atoms with van der Waals surface area (Å²) in [7, 11) is 0. The number of piperidine rings is 1. The number of aromatic nitrogens is 2. The van der Waals surface area contributed by atoms with E-state index in [1.54, 1.807) is 18.5 Å². The molecule has 0 aliphatic carbocycles. The van der Waals surface area contributed by atoms with E-state index in [0.717, 1.165) is 25.5 Å². The fourth-order valence-electron chi connectivity index (χ4n) is 1.85. The zero-order valence-corrected chi connectivity index (χ0v) is 8.85. The molecule has 1 N–H and O–H groups in total. The number of nitrogens with zero attached hydrogens (tertiary/aromatic N) is 2. The van der Waals surface area contributed by atoms with E-state index in [0.29, 0.717) is 6.01 Å². The van der Waals surface area contributed by atoms with Crippen molar-refractivity contribution < 1.29 is 4.74 Å². The van der Waals surface area contributed by atoms with Gasteiger partial charge in [-0.25, -0.2) is 9.97 Å². The van der Waals surface area contributed by atoms with E-state index >= 15 is 0 Å². The maximum atomic E-state index is 5.46. The zero-order valence-electron chi connectivity index (χ0n) is 8.85. The summed E-state index contributed by atoms with van der Waals surface area (Å²) in [6.07, 6.45) is 7.08. The van der Waals surface area contributed by atoms with Crippen molar-refractivity contribution in [1.29, 1.82) is 0 Å². The average molecular weight is 207 g/mol. The van der Waals surface area contributed by atoms with Gasteiger partial charge in [0.05, 0.1) is 6.61 Å². The van der Waals surface area contributed by atoms with E-state index in [2.05, 4.69) is 15.3 Å². The first kappa shape index (κ1) is 10.4. The molecule has 0 radical (unpaired) electrons. The molecule has 1 aromatic heterocycles. The number of hydrogen-bond acceptors (Lipinski definition) is 4. The van der Waals surface area contributed by atoms with E-state index in [1.807, 2.05) is 0 Å². The second-order valence-electron chi connectivity index (χ2n) is 3.88. The normalized spacial score (nSPS) is 21.2. The van der Waals surface area contributed by atoms with Crippen LogP contribution in [0.5, 0.6) is 6.01 Å². The summed E-state index contributed by atoms with van der Waals surface area (Å²) in [5.41, 5.74) is 0. The maximum Gasteiger partial charge on any atom is 0.316 e. The van der Waals surface area contributed by atoms with E-state index in [-0.39, 0.29) is 0 Å². The highest BCUT2D eigenvalue weighted by atomic mass is 16.5. The molecule has 1 atom stereocenters. The quantitative estimate of drug-likeness (QED) is 0.807. The van der Waals surface area contributed by atoms with Crippen molar-refractivity contribution in [3.8, 4) is 6.01 Å². The van der Waals surface area contributed by atoms with Gasteiger partial charge in [-0.1, -0.05) is 0 Å². The number of nitrogens with one attached hydrogen (secondary N) is 1. The lowest BCUT2D eigenvalue weighted by molar-refractivity contribution is 0.240. The minimum atomic E-state index is 0.487. The van der Waals surface area contributed by atoms with Crippen LogP contribution in [0.25, 0.3) is 0 Å². The van der Waals surface area contributed by atoms with Crippen molar-refractivity contribution in [3.05, 3.63) is 18.5 Å². The lowest BCUT2D eigenvalue weighted by Crippen LogP contribution is -2.30. The Balaban J connectivity index is 1.66. The third kappa shape index (κ3) is 3.47. The largest absolute Gasteiger partial charge is 0.463 e. The highest BCUT2D eigenvalue weighted by molar-refractivity contribution is 4.93. The smallest absolute Gasteiger partial charge is 0.316 e. The fraction of sp³-hybridized carbons (Fsp3) is 0.636. The van der Waals surface area contributed by atoms with Crippen LogP contribution in [-0.2, 0) is 0 Å². The van der Waals surface area contributed by atoms with Crippen molar-refractivity contribution in [3.63, 3.8) is 0 Å². The SMILES string of the molecule is c1cnc(OCC[C@H]2CCCNC2)nc1. The molecule has 1 aliphatic heterocycles. The Labute approximate surface area is 90.1 Å². The van der Waals surface area contributed by atoms with Crippen molar-refractivity contribution in [2.45, 2.75) is 19.3 Å². The third-order valence-electron chi connectivity index (χ3n) is 2.70. The van der Waals surface area contributed by atoms with Crippen LogP contribution in [0.1, 0.15) is 19.3 Å². The van der Waals surface area contributed by atoms with Gasteiger partial charge in [0.25, 0.3) is 0 Å². The average Bonchev–Trinajstić information content (AvgIpc) is 2.32. The first-order chi connectivity index (χ1) is 7.45. The van der Waals surface area contributed by atoms with Crippen LogP contribution < -0.4 is 10.1 Å². The van der Waals surface area contributed by atoms with Gasteiger partial charge in [0.2, 0.25) is 0 Å². The van der Waals surface area contributed by atoms with Gasteiger partial charge in [-0.05, 0) is 44.3 Å². The van der Waals surface area contributed by atoms with E-state index in [1.165, 1.54) is 19.4 Å². The second kappa shape index (κ2) is 5.66. The molecule has 1 saturated heterocycles. The molecular weight excluding hydrogens is 190 g/mol. The first-order valence-corrected chi connectivity index (χ1v) is 5.55. The molecule has 82 valence electrons. The van der Waals surface area contributed by atoms with Gasteiger partial charge in [-0.15, -0.1) is 0 Å². The summed E-state index contributed by atoms with van der Waals surface area (Å²) in [5.74, 6) is 0.752. The second-order valence-corrected chi connectivity index (χ2v) is 3.88. The highest BCUT2D eigenvalue weighted by Crippen LogP contribution is 2.14. The van der Waals surface area contributed by atoms with E-state index in [4.69, 9.17) is 4.74 Å². The lowest BCUT2D eigenvalue weighted by atomic mass is 9.97. The predicted molar refractivity (Wildman–Crippen MR) is 57.7 cm³/mol. The Morgan fingerprint density at radius 1 is 1.40 bits per heavy atom. The van der Waals surface area contributed by atoms with Crippen molar-refractivity contribution in [1.82, 2.24) is 15.3 Å². The van der Waals surface area contributed by atoms with Gasteiger partial charge in [-0.2, -0.15) is 0 Å². The maximum absolute atomic E-state index is 5.46. The van der Waals surface area contributed by atoms with Gasteiger partial charge >= 0.3 is 6.01 Å². The van der Waals surface area contributed by atoms with E-state index in [9.17, 15) is 0 Å². The monoisotopic (exact) mass is 207 g/mol. The standard InChI is InChI=1S/C11H17N3O/c1-3-10(9-12-5-1)4-8-15-11-13-6-2-7-14-11/h2,6-7,10,12H,1,3-5,8-9H2/t10-/m1/s1. The molecule has 4 nitrogen and oxygen atoms in total. The number of rotatable bonds is 4. The molecule has 2 rings (SSSR count). The molecule has 1 fully saturated rings. The molecular formula is C11H17N3O. The Hall–Kier alpha value is -1.16. The molecule has 0 saturated carbocycles. The van der Waals surface area contributed by atoms with Gasteiger partial charge in [-0.3, -0.25) is 0 Å². The van der Waals surface area contributed by atoms with Crippen LogP contribution in [0.4, 0.5) is 0 Å². The van der Waals surface area contributed by atoms with Gasteiger partial charge in [0.15, 0.2) is 0 Å². The Bertz CT molecular complexity index is 272. The van der Waals surface area contributed by atoms with Crippen LogP contribution >= 0.6 is 0 Å². The minimum absolute atomic E-state index is 0.487. The predicted octanol–water partition coefficient (Wildman–Crippen LogP) is 1.25. The third-order valence-corrected chi connectivity index (χ3v) is 2.70. The lowest BCUT2D eigenvalue weighted by Gasteiger charge is -2.22. The molecule has 0 spiro atoms.